The van der Waals surface area contributed by atoms with Crippen LogP contribution >= 0.6 is 12.4 Å². The number of rotatable bonds is 2. The third-order valence-corrected chi connectivity index (χ3v) is 3.61. The maximum Gasteiger partial charge on any atom is 0.196 e. The monoisotopic (exact) mass is 325 g/mol. The van der Waals surface area contributed by atoms with Gasteiger partial charge in [-0.25, -0.2) is 9.97 Å². The van der Waals surface area contributed by atoms with E-state index in [1.807, 2.05) is 43.3 Å². The van der Waals surface area contributed by atoms with Crippen LogP contribution in [0.5, 0.6) is 0 Å². The number of benzene rings is 2. The molecule has 0 atom stereocenters. The van der Waals surface area contributed by atoms with Crippen molar-refractivity contribution in [2.24, 2.45) is 0 Å². The Labute approximate surface area is 140 Å². The highest BCUT2D eigenvalue weighted by Crippen LogP contribution is 2.32. The van der Waals surface area contributed by atoms with Gasteiger partial charge in [-0.1, -0.05) is 24.3 Å². The molecule has 4 aromatic rings. The standard InChI is InChI=1S/C18H15N3O.ClH/c1-11-6-5-7-13(10-11)21-18-17-16(19-12(2)20-18)14-8-3-4-9-15(14)22-17;/h3-10H,1-2H3,(H,19,20,21);1H. The Morgan fingerprint density at radius 3 is 2.61 bits per heavy atom. The van der Waals surface area contributed by atoms with Crippen LogP contribution in [-0.4, -0.2) is 9.97 Å². The molecule has 1 N–H and O–H groups in total. The molecule has 5 heteroatoms. The van der Waals surface area contributed by atoms with E-state index < -0.39 is 0 Å². The number of hydrogen-bond acceptors (Lipinski definition) is 4. The molecule has 2 heterocycles. The molecule has 0 spiro atoms. The smallest absolute Gasteiger partial charge is 0.196 e. The fraction of sp³-hybridized carbons (Fsp3) is 0.111. The fourth-order valence-electron chi connectivity index (χ4n) is 2.65. The first-order chi connectivity index (χ1) is 10.7. The van der Waals surface area contributed by atoms with E-state index in [4.69, 9.17) is 4.42 Å². The molecular formula is C18H16ClN3O. The predicted octanol–water partition coefficient (Wildman–Crippen LogP) is 5.16. The second kappa shape index (κ2) is 5.89. The highest BCUT2D eigenvalue weighted by molar-refractivity contribution is 6.06. The van der Waals surface area contributed by atoms with Crippen LogP contribution in [0, 0.1) is 13.8 Å². The minimum absolute atomic E-state index is 0. The van der Waals surface area contributed by atoms with Gasteiger partial charge in [-0.15, -0.1) is 12.4 Å². The molecule has 4 nitrogen and oxygen atoms in total. The highest BCUT2D eigenvalue weighted by atomic mass is 35.5. The van der Waals surface area contributed by atoms with Gasteiger partial charge in [-0.3, -0.25) is 0 Å². The molecule has 0 aliphatic rings. The third-order valence-electron chi connectivity index (χ3n) is 3.61. The van der Waals surface area contributed by atoms with Crippen LogP contribution < -0.4 is 5.32 Å². The normalized spacial score (nSPS) is 10.7. The molecule has 0 fully saturated rings. The summed E-state index contributed by atoms with van der Waals surface area (Å²) in [6.45, 7) is 3.95. The Hall–Kier alpha value is -2.59. The van der Waals surface area contributed by atoms with E-state index in [1.54, 1.807) is 0 Å². The third kappa shape index (κ3) is 2.73. The summed E-state index contributed by atoms with van der Waals surface area (Å²) in [5.41, 5.74) is 4.53. The van der Waals surface area contributed by atoms with Crippen LogP contribution in [0.4, 0.5) is 11.5 Å². The number of furan rings is 1. The Morgan fingerprint density at radius 1 is 0.957 bits per heavy atom. The van der Waals surface area contributed by atoms with Crippen LogP contribution in [-0.2, 0) is 0 Å². The van der Waals surface area contributed by atoms with Gasteiger partial charge in [0.1, 0.15) is 16.9 Å². The van der Waals surface area contributed by atoms with Crippen LogP contribution in [0.2, 0.25) is 0 Å². The van der Waals surface area contributed by atoms with Crippen molar-refractivity contribution in [2.45, 2.75) is 13.8 Å². The minimum atomic E-state index is 0. The quantitative estimate of drug-likeness (QED) is 0.553. The number of nitrogens with one attached hydrogen (secondary N) is 1. The number of nitrogens with zero attached hydrogens (tertiary/aromatic N) is 2. The first-order valence-corrected chi connectivity index (χ1v) is 7.20. The lowest BCUT2D eigenvalue weighted by molar-refractivity contribution is 0.666. The summed E-state index contributed by atoms with van der Waals surface area (Å²) in [6.07, 6.45) is 0. The van der Waals surface area contributed by atoms with Crippen molar-refractivity contribution in [1.29, 1.82) is 0 Å². The summed E-state index contributed by atoms with van der Waals surface area (Å²) in [5.74, 6) is 1.42. The second-order valence-electron chi connectivity index (χ2n) is 5.39. The van der Waals surface area contributed by atoms with E-state index in [-0.39, 0.29) is 12.4 Å². The van der Waals surface area contributed by atoms with Crippen LogP contribution in [0.25, 0.3) is 22.1 Å². The summed E-state index contributed by atoms with van der Waals surface area (Å²) in [4.78, 5) is 9.04. The zero-order chi connectivity index (χ0) is 15.1. The Morgan fingerprint density at radius 2 is 1.78 bits per heavy atom. The average Bonchev–Trinajstić information content (AvgIpc) is 2.86. The Bertz CT molecular complexity index is 994. The van der Waals surface area contributed by atoms with E-state index in [9.17, 15) is 0 Å². The summed E-state index contributed by atoms with van der Waals surface area (Å²) >= 11 is 0. The van der Waals surface area contributed by atoms with Crippen LogP contribution in [0.3, 0.4) is 0 Å². The molecule has 0 radical (unpaired) electrons. The summed E-state index contributed by atoms with van der Waals surface area (Å²) in [5, 5.41) is 4.35. The average molecular weight is 326 g/mol. The number of hydrogen-bond donors (Lipinski definition) is 1. The Kier molecular flexibility index (Phi) is 3.92. The van der Waals surface area contributed by atoms with Crippen molar-refractivity contribution in [2.75, 3.05) is 5.32 Å². The topological polar surface area (TPSA) is 51.0 Å². The molecule has 2 aromatic carbocycles. The largest absolute Gasteiger partial charge is 0.450 e. The van der Waals surface area contributed by atoms with Gasteiger partial charge >= 0.3 is 0 Å². The number of aryl methyl sites for hydroxylation is 2. The molecule has 0 bridgehead atoms. The fourth-order valence-corrected chi connectivity index (χ4v) is 2.65. The van der Waals surface area contributed by atoms with Crippen molar-refractivity contribution in [3.05, 3.63) is 59.9 Å². The van der Waals surface area contributed by atoms with E-state index in [2.05, 4.69) is 34.3 Å². The Balaban J connectivity index is 0.00000156. The van der Waals surface area contributed by atoms with Crippen LogP contribution in [0.1, 0.15) is 11.4 Å². The zero-order valence-corrected chi connectivity index (χ0v) is 13.6. The van der Waals surface area contributed by atoms with Gasteiger partial charge in [-0.05, 0) is 43.7 Å². The number of para-hydroxylation sites is 1. The number of fused-ring (bicyclic) bond motifs is 3. The van der Waals surface area contributed by atoms with Crippen molar-refractivity contribution >= 4 is 46.0 Å². The van der Waals surface area contributed by atoms with Crippen molar-refractivity contribution < 1.29 is 4.42 Å². The van der Waals surface area contributed by atoms with Gasteiger partial charge < -0.3 is 9.73 Å². The van der Waals surface area contributed by atoms with E-state index in [1.165, 1.54) is 5.56 Å². The number of anilines is 2. The van der Waals surface area contributed by atoms with E-state index in [0.717, 1.165) is 22.2 Å². The molecule has 0 unspecified atom stereocenters. The molecule has 116 valence electrons. The van der Waals surface area contributed by atoms with Gasteiger partial charge in [0.2, 0.25) is 0 Å². The van der Waals surface area contributed by atoms with Gasteiger partial charge in [0, 0.05) is 11.1 Å². The molecular weight excluding hydrogens is 310 g/mol. The van der Waals surface area contributed by atoms with Crippen molar-refractivity contribution in [3.8, 4) is 0 Å². The summed E-state index contributed by atoms with van der Waals surface area (Å²) < 4.78 is 5.95. The SMILES string of the molecule is Cc1cccc(Nc2nc(C)nc3c2oc2ccccc23)c1.Cl. The minimum Gasteiger partial charge on any atom is -0.450 e. The van der Waals surface area contributed by atoms with Gasteiger partial charge in [-0.2, -0.15) is 0 Å². The highest BCUT2D eigenvalue weighted by Gasteiger charge is 2.14. The molecule has 4 rings (SSSR count). The lowest BCUT2D eigenvalue weighted by atomic mass is 10.2. The maximum atomic E-state index is 5.95. The zero-order valence-electron chi connectivity index (χ0n) is 12.8. The number of halogens is 1. The van der Waals surface area contributed by atoms with Crippen LogP contribution in [0.15, 0.2) is 52.9 Å². The van der Waals surface area contributed by atoms with Crippen molar-refractivity contribution in [3.63, 3.8) is 0 Å². The first-order valence-electron chi connectivity index (χ1n) is 7.20. The molecule has 0 saturated heterocycles. The van der Waals surface area contributed by atoms with E-state index in [0.29, 0.717) is 17.2 Å². The second-order valence-corrected chi connectivity index (χ2v) is 5.39. The molecule has 0 amide bonds. The van der Waals surface area contributed by atoms with Gasteiger partial charge in [0.15, 0.2) is 11.4 Å². The van der Waals surface area contributed by atoms with Gasteiger partial charge in [0.05, 0.1) is 0 Å². The summed E-state index contributed by atoms with van der Waals surface area (Å²) in [6, 6.07) is 16.1. The predicted molar refractivity (Wildman–Crippen MR) is 95.8 cm³/mol. The molecule has 0 aliphatic carbocycles. The van der Waals surface area contributed by atoms with Gasteiger partial charge in [0.25, 0.3) is 0 Å². The molecule has 0 saturated carbocycles. The molecule has 2 aromatic heterocycles. The van der Waals surface area contributed by atoms with Crippen molar-refractivity contribution in [1.82, 2.24) is 9.97 Å². The maximum absolute atomic E-state index is 5.95. The lowest BCUT2D eigenvalue weighted by Gasteiger charge is -2.07. The molecule has 23 heavy (non-hydrogen) atoms. The lowest BCUT2D eigenvalue weighted by Crippen LogP contribution is -1.98. The molecule has 0 aliphatic heterocycles. The van der Waals surface area contributed by atoms with E-state index >= 15 is 0 Å². The number of aromatic nitrogens is 2. The first kappa shape index (κ1) is 15.3. The summed E-state index contributed by atoms with van der Waals surface area (Å²) in [7, 11) is 0.